The third kappa shape index (κ3) is 3.98. The molecule has 0 aliphatic carbocycles. The zero-order valence-corrected chi connectivity index (χ0v) is 15.2. The van der Waals surface area contributed by atoms with Gasteiger partial charge in [0.05, 0.1) is 0 Å². The summed E-state index contributed by atoms with van der Waals surface area (Å²) in [5, 5.41) is 3.24. The summed E-state index contributed by atoms with van der Waals surface area (Å²) >= 11 is 0. The lowest BCUT2D eigenvalue weighted by molar-refractivity contribution is 0.0602. The van der Waals surface area contributed by atoms with Gasteiger partial charge in [0.15, 0.2) is 0 Å². The highest BCUT2D eigenvalue weighted by Crippen LogP contribution is 2.23. The smallest absolute Gasteiger partial charge is 0.272 e. The van der Waals surface area contributed by atoms with Crippen molar-refractivity contribution in [3.8, 4) is 0 Å². The molecule has 1 amide bonds. The summed E-state index contributed by atoms with van der Waals surface area (Å²) in [7, 11) is 0. The minimum atomic E-state index is 0.0120. The first-order valence-electron chi connectivity index (χ1n) is 9.06. The van der Waals surface area contributed by atoms with Crippen LogP contribution in [0.15, 0.2) is 30.5 Å². The van der Waals surface area contributed by atoms with E-state index in [1.807, 2.05) is 18.7 Å². The highest BCUT2D eigenvalue weighted by Gasteiger charge is 2.27. The normalized spacial score (nSPS) is 17.4. The van der Waals surface area contributed by atoms with Crippen LogP contribution in [0, 0.1) is 13.8 Å². The number of hydrogen-bond acceptors (Lipinski definition) is 4. The Kier molecular flexibility index (Phi) is 5.31. The number of rotatable bonds is 4. The third-order valence-corrected chi connectivity index (χ3v) is 4.87. The molecule has 1 N–H and O–H groups in total. The molecule has 1 aromatic heterocycles. The van der Waals surface area contributed by atoms with Gasteiger partial charge in [-0.1, -0.05) is 19.1 Å². The fourth-order valence-corrected chi connectivity index (χ4v) is 3.37. The zero-order valence-electron chi connectivity index (χ0n) is 15.2. The van der Waals surface area contributed by atoms with Crippen molar-refractivity contribution >= 4 is 17.5 Å². The van der Waals surface area contributed by atoms with Gasteiger partial charge in [-0.05, 0) is 62.8 Å². The fraction of sp³-hybridized carbons (Fsp3) is 0.450. The number of carbonyl (C=O) groups excluding carboxylic acids is 1. The molecule has 0 bridgehead atoms. The highest BCUT2D eigenvalue weighted by molar-refractivity contribution is 5.92. The van der Waals surface area contributed by atoms with E-state index < -0.39 is 0 Å². The van der Waals surface area contributed by atoms with E-state index >= 15 is 0 Å². The number of carbonyl (C=O) groups is 1. The van der Waals surface area contributed by atoms with Gasteiger partial charge in [0.25, 0.3) is 5.91 Å². The Balaban J connectivity index is 1.81. The number of nitrogens with one attached hydrogen (secondary N) is 1. The number of aromatic nitrogens is 2. The third-order valence-electron chi connectivity index (χ3n) is 4.87. The average molecular weight is 338 g/mol. The first-order chi connectivity index (χ1) is 12.1. The molecule has 0 spiro atoms. The second-order valence-electron chi connectivity index (χ2n) is 6.77. The van der Waals surface area contributed by atoms with E-state index in [-0.39, 0.29) is 5.91 Å². The van der Waals surface area contributed by atoms with Gasteiger partial charge in [0.2, 0.25) is 5.95 Å². The Bertz CT molecular complexity index is 759. The number of likely N-dealkylation sites (tertiary alicyclic amines) is 1. The summed E-state index contributed by atoms with van der Waals surface area (Å²) in [4.78, 5) is 23.6. The SMILES string of the molecule is CCC1CCCCN1C(=O)c1ccnc(Nc2cc(C)ccc2C)n1. The number of anilines is 2. The molecule has 2 heterocycles. The molecule has 25 heavy (non-hydrogen) atoms. The summed E-state index contributed by atoms with van der Waals surface area (Å²) in [6.45, 7) is 7.05. The predicted octanol–water partition coefficient (Wildman–Crippen LogP) is 4.24. The van der Waals surface area contributed by atoms with Crippen molar-refractivity contribution < 1.29 is 4.79 Å². The molecule has 132 valence electrons. The van der Waals surface area contributed by atoms with Gasteiger partial charge < -0.3 is 10.2 Å². The lowest BCUT2D eigenvalue weighted by Gasteiger charge is -2.35. The molecule has 5 heteroatoms. The van der Waals surface area contributed by atoms with Crippen LogP contribution in [0.25, 0.3) is 0 Å². The molecule has 1 unspecified atom stereocenters. The lowest BCUT2D eigenvalue weighted by atomic mass is 9.99. The van der Waals surface area contributed by atoms with Gasteiger partial charge >= 0.3 is 0 Å². The Hall–Kier alpha value is -2.43. The van der Waals surface area contributed by atoms with Crippen molar-refractivity contribution in [1.82, 2.24) is 14.9 Å². The lowest BCUT2D eigenvalue weighted by Crippen LogP contribution is -2.43. The topological polar surface area (TPSA) is 58.1 Å². The van der Waals surface area contributed by atoms with Crippen molar-refractivity contribution in [2.75, 3.05) is 11.9 Å². The second-order valence-corrected chi connectivity index (χ2v) is 6.77. The highest BCUT2D eigenvalue weighted by atomic mass is 16.2. The minimum Gasteiger partial charge on any atom is -0.334 e. The van der Waals surface area contributed by atoms with Gasteiger partial charge in [0, 0.05) is 24.5 Å². The molecule has 5 nitrogen and oxygen atoms in total. The number of aryl methyl sites for hydroxylation is 2. The van der Waals surface area contributed by atoms with Crippen LogP contribution in [-0.4, -0.2) is 33.4 Å². The van der Waals surface area contributed by atoms with Crippen molar-refractivity contribution in [2.45, 2.75) is 52.5 Å². The van der Waals surface area contributed by atoms with Crippen LogP contribution < -0.4 is 5.32 Å². The number of hydrogen-bond donors (Lipinski definition) is 1. The fourth-order valence-electron chi connectivity index (χ4n) is 3.37. The van der Waals surface area contributed by atoms with Crippen molar-refractivity contribution in [3.63, 3.8) is 0 Å². The largest absolute Gasteiger partial charge is 0.334 e. The molecule has 1 aliphatic heterocycles. The number of benzene rings is 1. The quantitative estimate of drug-likeness (QED) is 0.906. The van der Waals surface area contributed by atoms with E-state index in [1.165, 1.54) is 12.0 Å². The summed E-state index contributed by atoms with van der Waals surface area (Å²) in [5.41, 5.74) is 3.71. The molecule has 2 aromatic rings. The Morgan fingerprint density at radius 2 is 2.12 bits per heavy atom. The van der Waals surface area contributed by atoms with Crippen LogP contribution in [0.5, 0.6) is 0 Å². The van der Waals surface area contributed by atoms with Crippen molar-refractivity contribution in [3.05, 3.63) is 47.3 Å². The molecule has 0 radical (unpaired) electrons. The van der Waals surface area contributed by atoms with Crippen LogP contribution in [0.1, 0.15) is 54.2 Å². The molecular weight excluding hydrogens is 312 g/mol. The van der Waals surface area contributed by atoms with Crippen LogP contribution >= 0.6 is 0 Å². The number of piperidine rings is 1. The molecule has 1 atom stereocenters. The molecule has 0 saturated carbocycles. The van der Waals surface area contributed by atoms with E-state index in [0.717, 1.165) is 37.1 Å². The standard InChI is InChI=1S/C20H26N4O/c1-4-16-7-5-6-12-24(16)19(25)17-10-11-21-20(22-17)23-18-13-14(2)8-9-15(18)3/h8-11,13,16H,4-7,12H2,1-3H3,(H,21,22,23). The van der Waals surface area contributed by atoms with Gasteiger partial charge in [0.1, 0.15) is 5.69 Å². The molecular formula is C20H26N4O. The van der Waals surface area contributed by atoms with E-state index in [1.54, 1.807) is 12.3 Å². The van der Waals surface area contributed by atoms with Crippen LogP contribution in [0.3, 0.4) is 0 Å². The van der Waals surface area contributed by atoms with E-state index in [4.69, 9.17) is 0 Å². The summed E-state index contributed by atoms with van der Waals surface area (Å²) < 4.78 is 0. The zero-order chi connectivity index (χ0) is 17.8. The summed E-state index contributed by atoms with van der Waals surface area (Å²) in [5.74, 6) is 0.475. The van der Waals surface area contributed by atoms with Crippen molar-refractivity contribution in [1.29, 1.82) is 0 Å². The van der Waals surface area contributed by atoms with Crippen LogP contribution in [0.2, 0.25) is 0 Å². The number of nitrogens with zero attached hydrogens (tertiary/aromatic N) is 3. The van der Waals surface area contributed by atoms with E-state index in [9.17, 15) is 4.79 Å². The number of amides is 1. The first-order valence-corrected chi connectivity index (χ1v) is 9.06. The van der Waals surface area contributed by atoms with Gasteiger partial charge in [-0.3, -0.25) is 4.79 Å². The first kappa shape index (κ1) is 17.4. The van der Waals surface area contributed by atoms with Crippen molar-refractivity contribution in [2.24, 2.45) is 0 Å². The van der Waals surface area contributed by atoms with E-state index in [0.29, 0.717) is 17.7 Å². The minimum absolute atomic E-state index is 0.0120. The van der Waals surface area contributed by atoms with E-state index in [2.05, 4.69) is 40.4 Å². The Morgan fingerprint density at radius 1 is 1.28 bits per heavy atom. The maximum atomic E-state index is 12.9. The molecule has 3 rings (SSSR count). The monoisotopic (exact) mass is 338 g/mol. The van der Waals surface area contributed by atoms with Crippen LogP contribution in [-0.2, 0) is 0 Å². The van der Waals surface area contributed by atoms with Gasteiger partial charge in [-0.25, -0.2) is 9.97 Å². The second kappa shape index (κ2) is 7.64. The predicted molar refractivity (Wildman–Crippen MR) is 100 cm³/mol. The van der Waals surface area contributed by atoms with Crippen LogP contribution in [0.4, 0.5) is 11.6 Å². The van der Waals surface area contributed by atoms with Gasteiger partial charge in [-0.15, -0.1) is 0 Å². The molecule has 1 saturated heterocycles. The molecule has 1 aliphatic rings. The molecule has 1 fully saturated rings. The average Bonchev–Trinajstić information content (AvgIpc) is 2.64. The maximum absolute atomic E-state index is 12.9. The van der Waals surface area contributed by atoms with Gasteiger partial charge in [-0.2, -0.15) is 0 Å². The Morgan fingerprint density at radius 3 is 2.92 bits per heavy atom. The Labute approximate surface area is 149 Å². The summed E-state index contributed by atoms with van der Waals surface area (Å²) in [6, 6.07) is 8.23. The summed E-state index contributed by atoms with van der Waals surface area (Å²) in [6.07, 6.45) is 6.00. The molecule has 1 aromatic carbocycles. The maximum Gasteiger partial charge on any atom is 0.272 e.